The topological polar surface area (TPSA) is 32.8 Å². The third kappa shape index (κ3) is 2.00. The minimum absolute atomic E-state index is 0.578. The Kier molecular flexibility index (Phi) is 2.80. The van der Waals surface area contributed by atoms with Gasteiger partial charge >= 0.3 is 0 Å². The summed E-state index contributed by atoms with van der Waals surface area (Å²) in [5.74, 6) is 0. The van der Waals surface area contributed by atoms with Crippen molar-refractivity contribution in [3.63, 3.8) is 0 Å². The molecule has 0 spiro atoms. The molecule has 1 amide bonds. The molecule has 2 heterocycles. The molecule has 2 rings (SSSR count). The van der Waals surface area contributed by atoms with E-state index < -0.39 is 0 Å². The molecule has 0 radical (unpaired) electrons. The maximum Gasteiger partial charge on any atom is 0.209 e. The lowest BCUT2D eigenvalue weighted by molar-refractivity contribution is -0.117. The summed E-state index contributed by atoms with van der Waals surface area (Å²) in [6.45, 7) is 5.57. The normalized spacial score (nSPS) is 30.8. The molecule has 0 bridgehead atoms. The molecule has 0 aromatic rings. The highest BCUT2D eigenvalue weighted by Gasteiger charge is 2.27. The zero-order valence-corrected chi connectivity index (χ0v) is 7.82. The van der Waals surface area contributed by atoms with Gasteiger partial charge in [-0.1, -0.05) is 0 Å². The van der Waals surface area contributed by atoms with E-state index in [9.17, 15) is 4.79 Å². The largest absolute Gasteiger partial charge is 0.379 e. The maximum atomic E-state index is 10.5. The van der Waals surface area contributed by atoms with Crippen LogP contribution in [0.5, 0.6) is 0 Å². The summed E-state index contributed by atoms with van der Waals surface area (Å²) in [7, 11) is 0. The van der Waals surface area contributed by atoms with Crippen molar-refractivity contribution in [2.75, 3.05) is 39.4 Å². The van der Waals surface area contributed by atoms with Crippen LogP contribution in [-0.2, 0) is 9.53 Å². The summed E-state index contributed by atoms with van der Waals surface area (Å²) in [6.07, 6.45) is 2.08. The van der Waals surface area contributed by atoms with Gasteiger partial charge in [-0.05, 0) is 6.42 Å². The van der Waals surface area contributed by atoms with Gasteiger partial charge in [0.2, 0.25) is 6.41 Å². The Morgan fingerprint density at radius 1 is 1.23 bits per heavy atom. The number of likely N-dealkylation sites (tertiary alicyclic amines) is 1. The lowest BCUT2D eigenvalue weighted by atomic mass is 10.2. The molecule has 13 heavy (non-hydrogen) atoms. The highest BCUT2D eigenvalue weighted by molar-refractivity contribution is 5.47. The van der Waals surface area contributed by atoms with Crippen LogP contribution in [0, 0.1) is 0 Å². The molecule has 2 saturated heterocycles. The van der Waals surface area contributed by atoms with Crippen LogP contribution >= 0.6 is 0 Å². The molecule has 74 valence electrons. The van der Waals surface area contributed by atoms with E-state index in [0.717, 1.165) is 52.2 Å². The Morgan fingerprint density at radius 3 is 2.62 bits per heavy atom. The van der Waals surface area contributed by atoms with E-state index in [1.807, 2.05) is 4.90 Å². The van der Waals surface area contributed by atoms with Crippen molar-refractivity contribution in [1.29, 1.82) is 0 Å². The SMILES string of the molecule is O=CN1CC[C@H](N2CCOCC2)C1. The number of rotatable bonds is 2. The van der Waals surface area contributed by atoms with Crippen LogP contribution in [-0.4, -0.2) is 61.6 Å². The Hall–Kier alpha value is -0.610. The highest BCUT2D eigenvalue weighted by atomic mass is 16.5. The first kappa shape index (κ1) is 8.97. The Balaban J connectivity index is 1.83. The molecule has 2 aliphatic heterocycles. The van der Waals surface area contributed by atoms with E-state index in [1.54, 1.807) is 0 Å². The van der Waals surface area contributed by atoms with Crippen LogP contribution in [0.4, 0.5) is 0 Å². The molecule has 1 atom stereocenters. The van der Waals surface area contributed by atoms with Crippen LogP contribution in [0.25, 0.3) is 0 Å². The number of nitrogens with zero attached hydrogens (tertiary/aromatic N) is 2. The predicted octanol–water partition coefficient (Wildman–Crippen LogP) is -0.451. The van der Waals surface area contributed by atoms with Gasteiger partial charge in [0, 0.05) is 32.2 Å². The first-order chi connectivity index (χ1) is 6.40. The molecular formula is C9H16N2O2. The minimum Gasteiger partial charge on any atom is -0.379 e. The molecule has 4 nitrogen and oxygen atoms in total. The van der Waals surface area contributed by atoms with E-state index >= 15 is 0 Å². The van der Waals surface area contributed by atoms with Crippen molar-refractivity contribution in [3.8, 4) is 0 Å². The Labute approximate surface area is 78.4 Å². The lowest BCUT2D eigenvalue weighted by Crippen LogP contribution is -2.44. The van der Waals surface area contributed by atoms with Crippen LogP contribution in [0.1, 0.15) is 6.42 Å². The summed E-state index contributed by atoms with van der Waals surface area (Å²) >= 11 is 0. The van der Waals surface area contributed by atoms with Crippen LogP contribution in [0.2, 0.25) is 0 Å². The van der Waals surface area contributed by atoms with E-state index in [2.05, 4.69) is 4.90 Å². The monoisotopic (exact) mass is 184 g/mol. The Bertz CT molecular complexity index is 180. The highest BCUT2D eigenvalue weighted by Crippen LogP contribution is 2.15. The van der Waals surface area contributed by atoms with Gasteiger partial charge in [0.05, 0.1) is 13.2 Å². The predicted molar refractivity (Wildman–Crippen MR) is 48.4 cm³/mol. The van der Waals surface area contributed by atoms with E-state index in [4.69, 9.17) is 4.74 Å². The fourth-order valence-corrected chi connectivity index (χ4v) is 2.10. The van der Waals surface area contributed by atoms with Crippen LogP contribution < -0.4 is 0 Å². The fourth-order valence-electron chi connectivity index (χ4n) is 2.10. The van der Waals surface area contributed by atoms with Crippen molar-refractivity contribution in [1.82, 2.24) is 9.80 Å². The molecule has 0 aromatic heterocycles. The van der Waals surface area contributed by atoms with Crippen LogP contribution in [0.15, 0.2) is 0 Å². The molecular weight excluding hydrogens is 168 g/mol. The smallest absolute Gasteiger partial charge is 0.209 e. The molecule has 0 saturated carbocycles. The molecule has 2 aliphatic rings. The Morgan fingerprint density at radius 2 is 2.00 bits per heavy atom. The zero-order valence-electron chi connectivity index (χ0n) is 7.82. The van der Waals surface area contributed by atoms with Crippen LogP contribution in [0.3, 0.4) is 0 Å². The third-order valence-corrected chi connectivity index (χ3v) is 2.91. The van der Waals surface area contributed by atoms with Crippen molar-refractivity contribution in [2.45, 2.75) is 12.5 Å². The number of carbonyl (C=O) groups is 1. The molecule has 0 N–H and O–H groups in total. The number of morpholine rings is 1. The summed E-state index contributed by atoms with van der Waals surface area (Å²) in [6, 6.07) is 0.578. The quantitative estimate of drug-likeness (QED) is 0.545. The summed E-state index contributed by atoms with van der Waals surface area (Å²) < 4.78 is 5.29. The maximum absolute atomic E-state index is 10.5. The van der Waals surface area contributed by atoms with Gasteiger partial charge in [-0.15, -0.1) is 0 Å². The number of ether oxygens (including phenoxy) is 1. The van der Waals surface area contributed by atoms with Gasteiger partial charge in [0.1, 0.15) is 0 Å². The van der Waals surface area contributed by atoms with E-state index in [0.29, 0.717) is 6.04 Å². The average molecular weight is 184 g/mol. The summed E-state index contributed by atoms with van der Waals surface area (Å²) in [4.78, 5) is 14.8. The van der Waals surface area contributed by atoms with Crippen molar-refractivity contribution >= 4 is 6.41 Å². The number of hydrogen-bond acceptors (Lipinski definition) is 3. The van der Waals surface area contributed by atoms with Gasteiger partial charge in [-0.25, -0.2) is 0 Å². The summed E-state index contributed by atoms with van der Waals surface area (Å²) in [5, 5.41) is 0. The second-order valence-corrected chi connectivity index (χ2v) is 3.69. The second kappa shape index (κ2) is 4.07. The third-order valence-electron chi connectivity index (χ3n) is 2.91. The van der Waals surface area contributed by atoms with Gasteiger partial charge < -0.3 is 9.64 Å². The molecule has 0 unspecified atom stereocenters. The minimum atomic E-state index is 0.578. The van der Waals surface area contributed by atoms with Gasteiger partial charge in [0.15, 0.2) is 0 Å². The van der Waals surface area contributed by atoms with Gasteiger partial charge in [0.25, 0.3) is 0 Å². The number of hydrogen-bond donors (Lipinski definition) is 0. The first-order valence-corrected chi connectivity index (χ1v) is 4.91. The van der Waals surface area contributed by atoms with Gasteiger partial charge in [-0.2, -0.15) is 0 Å². The average Bonchev–Trinajstić information content (AvgIpc) is 2.67. The molecule has 0 aromatic carbocycles. The molecule has 0 aliphatic carbocycles. The molecule has 4 heteroatoms. The van der Waals surface area contributed by atoms with Crippen molar-refractivity contribution < 1.29 is 9.53 Å². The fraction of sp³-hybridized carbons (Fsp3) is 0.889. The van der Waals surface area contributed by atoms with Crippen molar-refractivity contribution in [3.05, 3.63) is 0 Å². The zero-order chi connectivity index (χ0) is 9.10. The van der Waals surface area contributed by atoms with E-state index in [-0.39, 0.29) is 0 Å². The number of carbonyl (C=O) groups excluding carboxylic acids is 1. The number of amides is 1. The van der Waals surface area contributed by atoms with E-state index in [1.165, 1.54) is 0 Å². The lowest BCUT2D eigenvalue weighted by Gasteiger charge is -2.31. The van der Waals surface area contributed by atoms with Gasteiger partial charge in [-0.3, -0.25) is 9.69 Å². The standard InChI is InChI=1S/C9H16N2O2/c12-8-10-2-1-9(7-10)11-3-5-13-6-4-11/h8-9H,1-7H2/t9-/m0/s1. The molecule has 2 fully saturated rings. The van der Waals surface area contributed by atoms with Crippen molar-refractivity contribution in [2.24, 2.45) is 0 Å². The first-order valence-electron chi connectivity index (χ1n) is 4.91. The summed E-state index contributed by atoms with van der Waals surface area (Å²) in [5.41, 5.74) is 0. The second-order valence-electron chi connectivity index (χ2n) is 3.69.